The number of carbonyl (C=O) groups excluding carboxylic acids is 1. The van der Waals surface area contributed by atoms with Crippen LogP contribution >= 0.6 is 11.6 Å². The molecule has 1 unspecified atom stereocenters. The Labute approximate surface area is 342 Å². The summed E-state index contributed by atoms with van der Waals surface area (Å²) in [5, 5.41) is 8.15. The third-order valence-corrected chi connectivity index (χ3v) is 11.5. The largest absolute Gasteiger partial charge is 0.493 e. The summed E-state index contributed by atoms with van der Waals surface area (Å²) in [6.07, 6.45) is -3.21. The van der Waals surface area contributed by atoms with Crippen molar-refractivity contribution in [1.82, 2.24) is 29.1 Å². The van der Waals surface area contributed by atoms with Crippen LogP contribution < -0.4 is 20.8 Å². The van der Waals surface area contributed by atoms with Crippen LogP contribution in [-0.2, 0) is 34.2 Å². The van der Waals surface area contributed by atoms with Gasteiger partial charge in [0.15, 0.2) is 5.82 Å². The molecule has 316 valence electrons. The van der Waals surface area contributed by atoms with Crippen LogP contribution in [0.25, 0.3) is 27.5 Å². The maximum Gasteiger partial charge on any atom is 0.293 e. The van der Waals surface area contributed by atoms with E-state index in [-0.39, 0.29) is 68.6 Å². The normalized spacial score (nSPS) is 17.9. The van der Waals surface area contributed by atoms with Gasteiger partial charge in [0.2, 0.25) is 15.9 Å². The molecule has 0 aliphatic heterocycles. The average Bonchev–Trinajstić information content (AvgIpc) is 3.67. The molecule has 3 heterocycles. The third kappa shape index (κ3) is 7.01. The smallest absolute Gasteiger partial charge is 0.293 e. The number of ether oxygens (including phenoxy) is 1. The first-order chi connectivity index (χ1) is 28.2. The van der Waals surface area contributed by atoms with Gasteiger partial charge in [-0.15, -0.1) is 0 Å². The van der Waals surface area contributed by atoms with Crippen LogP contribution in [0, 0.1) is 23.5 Å². The fraction of sp³-hybridized carbons (Fsp3) is 0.359. The topological polar surface area (TPSA) is 169 Å². The number of nitrogens with two attached hydrogens (primary N) is 1. The van der Waals surface area contributed by atoms with Gasteiger partial charge < -0.3 is 10.5 Å². The van der Waals surface area contributed by atoms with Crippen LogP contribution in [0.15, 0.2) is 53.3 Å². The van der Waals surface area contributed by atoms with Crippen molar-refractivity contribution in [2.75, 3.05) is 17.6 Å². The highest BCUT2D eigenvalue weighted by molar-refractivity contribution is 7.92. The van der Waals surface area contributed by atoms with E-state index in [0.29, 0.717) is 10.7 Å². The summed E-state index contributed by atoms with van der Waals surface area (Å²) in [5.41, 5.74) is 2.61. The Balaban J connectivity index is 1.48. The number of alkyl halides is 4. The lowest BCUT2D eigenvalue weighted by Gasteiger charge is -2.30. The number of nitrogens with zero attached hydrogens (tertiary/aromatic N) is 6. The minimum absolute atomic E-state index is 0.0120. The van der Waals surface area contributed by atoms with Crippen LogP contribution in [0.2, 0.25) is 5.02 Å². The second kappa shape index (κ2) is 14.5. The van der Waals surface area contributed by atoms with Crippen molar-refractivity contribution in [2.24, 2.45) is 24.6 Å². The van der Waals surface area contributed by atoms with E-state index in [1.165, 1.54) is 42.1 Å². The average molecular weight is 877 g/mol. The molecule has 0 saturated heterocycles. The van der Waals surface area contributed by atoms with Crippen molar-refractivity contribution in [2.45, 2.75) is 56.9 Å². The molecule has 21 heteroatoms. The van der Waals surface area contributed by atoms with E-state index in [2.05, 4.69) is 14.9 Å². The third-order valence-electron chi connectivity index (χ3n) is 10.7. The standard InChI is InChI=1S/C39H35ClF6N8O5S/c1-16(2)15-59-20-5-6-21-26(13-20)48-37(53(38(21)56)27-8-7-25(40)29-32(27)52(3)50-36(29)51-60(4,57)58)23(11-17-9-18(41)12-19(42)10-17)31(35(47)55)54-33-28(30(49-54)34(43)44)22-14-24(22)39(33,45)46/h5-10,12-13,16,22-24,31,34H,11,14-15H2,1-4H3,(H2,47,55)(H,50,51)/t22-,23-,24+,31?/m0/s1. The fourth-order valence-electron chi connectivity index (χ4n) is 8.23. The van der Waals surface area contributed by atoms with Crippen LogP contribution in [0.3, 0.4) is 0 Å². The number of fused-ring (bicyclic) bond motifs is 5. The van der Waals surface area contributed by atoms with Crippen LogP contribution in [0.4, 0.5) is 32.2 Å². The summed E-state index contributed by atoms with van der Waals surface area (Å²) in [6, 6.07) is 7.26. The van der Waals surface area contributed by atoms with Crippen LogP contribution in [0.1, 0.15) is 72.9 Å². The number of hydrogen-bond acceptors (Lipinski definition) is 8. The number of sulfonamides is 1. The minimum Gasteiger partial charge on any atom is -0.493 e. The van der Waals surface area contributed by atoms with E-state index in [1.807, 2.05) is 13.8 Å². The van der Waals surface area contributed by atoms with Crippen molar-refractivity contribution in [3.8, 4) is 11.4 Å². The molecule has 2 aliphatic carbocycles. The molecule has 4 atom stereocenters. The monoisotopic (exact) mass is 876 g/mol. The van der Waals surface area contributed by atoms with Gasteiger partial charge in [0.25, 0.3) is 17.9 Å². The molecule has 60 heavy (non-hydrogen) atoms. The molecule has 13 nitrogen and oxygen atoms in total. The maximum absolute atomic E-state index is 16.2. The summed E-state index contributed by atoms with van der Waals surface area (Å²) in [6.45, 7) is 4.06. The number of aromatic nitrogens is 6. The molecular weight excluding hydrogens is 842 g/mol. The number of halogens is 7. The van der Waals surface area contributed by atoms with Gasteiger partial charge in [0, 0.05) is 30.7 Å². The molecule has 3 N–H and O–H groups in total. The molecule has 0 bridgehead atoms. The zero-order valence-corrected chi connectivity index (χ0v) is 33.6. The van der Waals surface area contributed by atoms with Gasteiger partial charge in [0.1, 0.15) is 40.6 Å². The molecular formula is C39H35ClF6N8O5S. The molecule has 1 amide bonds. The molecule has 1 saturated carbocycles. The Kier molecular flexibility index (Phi) is 9.96. The molecule has 2 aliphatic rings. The lowest BCUT2D eigenvalue weighted by atomic mass is 9.89. The van der Waals surface area contributed by atoms with Crippen LogP contribution in [0.5, 0.6) is 5.75 Å². The zero-order chi connectivity index (χ0) is 43.3. The van der Waals surface area contributed by atoms with Crippen LogP contribution in [-0.4, -0.2) is 56.3 Å². The second-order valence-corrected chi connectivity index (χ2v) is 17.7. The molecule has 6 aromatic rings. The molecule has 0 spiro atoms. The highest BCUT2D eigenvalue weighted by Crippen LogP contribution is 2.68. The maximum atomic E-state index is 16.2. The first-order valence-electron chi connectivity index (χ1n) is 18.5. The number of amides is 1. The number of rotatable bonds is 13. The summed E-state index contributed by atoms with van der Waals surface area (Å²) in [7, 11) is -2.53. The molecule has 1 fully saturated rings. The SMILES string of the molecule is CC(C)COc1ccc2c(=O)n(-c3ccc(Cl)c4c(NS(C)(=O)=O)nn(C)c34)c([C@@H](Cc3cc(F)cc(F)c3)C(C(N)=O)n3nc(C(F)F)c4c3C(F)(F)[C@@H]3C[C@H]43)nc2c1. The lowest BCUT2D eigenvalue weighted by Crippen LogP contribution is -2.39. The fourth-order valence-corrected chi connectivity index (χ4v) is 8.97. The number of carbonyl (C=O) groups is 1. The highest BCUT2D eigenvalue weighted by atomic mass is 35.5. The predicted octanol–water partition coefficient (Wildman–Crippen LogP) is 7.01. The van der Waals surface area contributed by atoms with E-state index in [1.54, 1.807) is 0 Å². The van der Waals surface area contributed by atoms with Gasteiger partial charge in [-0.1, -0.05) is 25.4 Å². The first-order valence-corrected chi connectivity index (χ1v) is 20.8. The van der Waals surface area contributed by atoms with Gasteiger partial charge in [-0.2, -0.15) is 19.0 Å². The summed E-state index contributed by atoms with van der Waals surface area (Å²) < 4.78 is 127. The predicted molar refractivity (Wildman–Crippen MR) is 208 cm³/mol. The molecule has 3 aromatic heterocycles. The quantitative estimate of drug-likeness (QED) is 0.117. The molecule has 0 radical (unpaired) electrons. The van der Waals surface area contributed by atoms with E-state index < -0.39 is 98.5 Å². The van der Waals surface area contributed by atoms with Gasteiger partial charge in [-0.05, 0) is 66.6 Å². The number of anilines is 1. The van der Waals surface area contributed by atoms with E-state index >= 15 is 13.6 Å². The van der Waals surface area contributed by atoms with Crippen molar-refractivity contribution in [3.63, 3.8) is 0 Å². The zero-order valence-electron chi connectivity index (χ0n) is 32.1. The Bertz CT molecular complexity index is 2920. The van der Waals surface area contributed by atoms with Crippen molar-refractivity contribution >= 4 is 55.2 Å². The molecule has 8 rings (SSSR count). The van der Waals surface area contributed by atoms with Crippen molar-refractivity contribution in [3.05, 3.63) is 104 Å². The van der Waals surface area contributed by atoms with Gasteiger partial charge in [-0.3, -0.25) is 23.6 Å². The highest BCUT2D eigenvalue weighted by Gasteiger charge is 2.67. The first kappa shape index (κ1) is 41.1. The Morgan fingerprint density at radius 3 is 2.42 bits per heavy atom. The Hall–Kier alpha value is -5.63. The second-order valence-electron chi connectivity index (χ2n) is 15.5. The van der Waals surface area contributed by atoms with Crippen molar-refractivity contribution < 1.29 is 44.3 Å². The molecule has 3 aromatic carbocycles. The number of benzene rings is 3. The minimum atomic E-state index is -3.95. The van der Waals surface area contributed by atoms with E-state index in [9.17, 15) is 30.8 Å². The van der Waals surface area contributed by atoms with E-state index in [0.717, 1.165) is 23.0 Å². The van der Waals surface area contributed by atoms with Gasteiger partial charge in [0.05, 0.1) is 51.3 Å². The summed E-state index contributed by atoms with van der Waals surface area (Å²) in [4.78, 5) is 33.8. The number of primary amides is 1. The Morgan fingerprint density at radius 1 is 1.08 bits per heavy atom. The lowest BCUT2D eigenvalue weighted by molar-refractivity contribution is -0.122. The van der Waals surface area contributed by atoms with Gasteiger partial charge in [-0.25, -0.2) is 35.6 Å². The summed E-state index contributed by atoms with van der Waals surface area (Å²) >= 11 is 6.62. The Morgan fingerprint density at radius 2 is 1.78 bits per heavy atom. The summed E-state index contributed by atoms with van der Waals surface area (Å²) in [5.74, 6) is -11.6. The van der Waals surface area contributed by atoms with Gasteiger partial charge >= 0.3 is 0 Å². The number of nitrogens with one attached hydrogen (secondary N) is 1. The number of aryl methyl sites for hydroxylation is 1. The van der Waals surface area contributed by atoms with Crippen molar-refractivity contribution in [1.29, 1.82) is 0 Å². The van der Waals surface area contributed by atoms with E-state index in [4.69, 9.17) is 27.1 Å². The number of hydrogen-bond donors (Lipinski definition) is 2.